The van der Waals surface area contributed by atoms with Crippen molar-refractivity contribution in [2.45, 2.75) is 78.6 Å². The molecule has 178 valence electrons. The van der Waals surface area contributed by atoms with Crippen LogP contribution in [0.3, 0.4) is 0 Å². The van der Waals surface area contributed by atoms with Gasteiger partial charge in [0.25, 0.3) is 0 Å². The minimum absolute atomic E-state index is 0.0113. The third-order valence-corrected chi connectivity index (χ3v) is 10.5. The topological polar surface area (TPSA) is 40.5 Å². The molecule has 0 amide bonds. The zero-order chi connectivity index (χ0) is 24.9. The number of benzene rings is 3. The number of hydrogen-bond donors (Lipinski definition) is 2. The zero-order valence-electron chi connectivity index (χ0n) is 21.8. The third-order valence-electron chi connectivity index (χ3n) is 6.67. The molecule has 0 bridgehead atoms. The second-order valence-corrected chi connectivity index (χ2v) is 16.0. The van der Waals surface area contributed by atoms with Crippen molar-refractivity contribution in [2.75, 3.05) is 0 Å². The van der Waals surface area contributed by atoms with Crippen LogP contribution < -0.4 is 15.9 Å². The van der Waals surface area contributed by atoms with Crippen molar-refractivity contribution < 1.29 is 9.79 Å². The average molecular weight is 465 g/mol. The molecule has 0 aliphatic heterocycles. The van der Waals surface area contributed by atoms with Crippen LogP contribution in [0.15, 0.2) is 72.8 Å². The van der Waals surface area contributed by atoms with Crippen LogP contribution in [0.4, 0.5) is 0 Å². The van der Waals surface area contributed by atoms with Crippen LogP contribution in [0.1, 0.15) is 79.0 Å². The quantitative estimate of drug-likeness (QED) is 0.452. The summed E-state index contributed by atoms with van der Waals surface area (Å²) < 4.78 is 0. The summed E-state index contributed by atoms with van der Waals surface area (Å²) in [6, 6.07) is 23.5. The van der Waals surface area contributed by atoms with Crippen LogP contribution in [0.5, 0.6) is 0 Å². The second kappa shape index (κ2) is 8.05. The van der Waals surface area contributed by atoms with Crippen LogP contribution in [0.25, 0.3) is 0 Å². The standard InChI is InChI=1S/C30H41O2P/c1-28(2,3)22-10-16-25(17-11-22)33(31,32,26-18-12-23(13-19-26)29(4,5)6)27-20-14-24(15-21-27)30(7,8)9/h10-21,31-32H,1-9H3. The van der Waals surface area contributed by atoms with Crippen molar-refractivity contribution in [2.24, 2.45) is 0 Å². The monoisotopic (exact) mass is 464 g/mol. The Morgan fingerprint density at radius 2 is 0.576 bits per heavy atom. The van der Waals surface area contributed by atoms with Crippen molar-refractivity contribution in [1.29, 1.82) is 0 Å². The molecule has 0 spiro atoms. The van der Waals surface area contributed by atoms with E-state index in [4.69, 9.17) is 0 Å². The van der Waals surface area contributed by atoms with Gasteiger partial charge in [0.1, 0.15) is 0 Å². The minimum atomic E-state index is -4.63. The summed E-state index contributed by atoms with van der Waals surface area (Å²) in [6.45, 7) is 19.5. The molecule has 0 saturated heterocycles. The molecule has 0 unspecified atom stereocenters. The van der Waals surface area contributed by atoms with Crippen LogP contribution in [0, 0.1) is 0 Å². The summed E-state index contributed by atoms with van der Waals surface area (Å²) >= 11 is 0. The Kier molecular flexibility index (Phi) is 6.25. The maximum atomic E-state index is 12.5. The zero-order valence-corrected chi connectivity index (χ0v) is 22.7. The Morgan fingerprint density at radius 1 is 0.394 bits per heavy atom. The SMILES string of the molecule is CC(C)(C)c1ccc(P(O)(O)(c2ccc(C(C)(C)C)cc2)c2ccc(C(C)(C)C)cc2)cc1. The van der Waals surface area contributed by atoms with E-state index in [1.54, 1.807) is 0 Å². The van der Waals surface area contributed by atoms with Gasteiger partial charge in [0.05, 0.1) is 0 Å². The Balaban J connectivity index is 2.26. The van der Waals surface area contributed by atoms with Gasteiger partial charge in [0.2, 0.25) is 0 Å². The number of hydrogen-bond acceptors (Lipinski definition) is 2. The predicted molar refractivity (Wildman–Crippen MR) is 146 cm³/mol. The van der Waals surface area contributed by atoms with Gasteiger partial charge >= 0.3 is 201 Å². The maximum absolute atomic E-state index is 12.5. The molecule has 0 aromatic heterocycles. The first-order chi connectivity index (χ1) is 14.9. The molecule has 2 N–H and O–H groups in total. The van der Waals surface area contributed by atoms with Gasteiger partial charge in [0.15, 0.2) is 0 Å². The molecule has 3 aromatic carbocycles. The molecule has 3 rings (SSSR count). The molecule has 0 saturated carbocycles. The fourth-order valence-corrected chi connectivity index (χ4v) is 7.21. The molecule has 0 fully saturated rings. The molecule has 2 nitrogen and oxygen atoms in total. The molecule has 0 aliphatic carbocycles. The Labute approximate surface area is 200 Å². The first kappa shape index (κ1) is 25.6. The summed E-state index contributed by atoms with van der Waals surface area (Å²) in [5.41, 5.74) is 3.45. The van der Waals surface area contributed by atoms with Crippen molar-refractivity contribution in [1.82, 2.24) is 0 Å². The van der Waals surface area contributed by atoms with Crippen molar-refractivity contribution in [3.63, 3.8) is 0 Å². The summed E-state index contributed by atoms with van der Waals surface area (Å²) in [5.74, 6) is 0. The summed E-state index contributed by atoms with van der Waals surface area (Å²) in [5, 5.41) is 1.67. The fourth-order valence-electron chi connectivity index (χ4n) is 4.18. The molecular weight excluding hydrogens is 423 g/mol. The normalized spacial score (nSPS) is 14.6. The molecule has 0 heterocycles. The van der Waals surface area contributed by atoms with Crippen LogP contribution in [-0.4, -0.2) is 9.79 Å². The molecular formula is C30H41O2P. The summed E-state index contributed by atoms with van der Waals surface area (Å²) in [4.78, 5) is 24.9. The average Bonchev–Trinajstić information content (AvgIpc) is 2.72. The molecule has 0 aliphatic rings. The Hall–Kier alpha value is -1.99. The van der Waals surface area contributed by atoms with Gasteiger partial charge < -0.3 is 0 Å². The first-order valence-electron chi connectivity index (χ1n) is 11.8. The molecule has 0 atom stereocenters. The second-order valence-electron chi connectivity index (χ2n) is 12.4. The van der Waals surface area contributed by atoms with Crippen molar-refractivity contribution >= 4 is 23.0 Å². The van der Waals surface area contributed by atoms with Gasteiger partial charge in [-0.05, 0) is 0 Å². The van der Waals surface area contributed by atoms with Gasteiger partial charge in [-0.2, -0.15) is 0 Å². The van der Waals surface area contributed by atoms with Gasteiger partial charge in [0, 0.05) is 0 Å². The van der Waals surface area contributed by atoms with E-state index < -0.39 is 7.06 Å². The molecule has 33 heavy (non-hydrogen) atoms. The van der Waals surface area contributed by atoms with Crippen LogP contribution >= 0.6 is 7.06 Å². The van der Waals surface area contributed by atoms with E-state index in [9.17, 15) is 9.79 Å². The van der Waals surface area contributed by atoms with Crippen molar-refractivity contribution in [3.05, 3.63) is 89.5 Å². The van der Waals surface area contributed by atoms with E-state index in [1.165, 1.54) is 0 Å². The van der Waals surface area contributed by atoms with Gasteiger partial charge in [-0.3, -0.25) is 0 Å². The van der Waals surface area contributed by atoms with Gasteiger partial charge in [-0.25, -0.2) is 0 Å². The van der Waals surface area contributed by atoms with E-state index >= 15 is 0 Å². The summed E-state index contributed by atoms with van der Waals surface area (Å²) in [7, 11) is -4.63. The predicted octanol–water partition coefficient (Wildman–Crippen LogP) is 6.22. The fraction of sp³-hybridized carbons (Fsp3) is 0.400. The Bertz CT molecular complexity index is 957. The van der Waals surface area contributed by atoms with Gasteiger partial charge in [-0.15, -0.1) is 0 Å². The van der Waals surface area contributed by atoms with Gasteiger partial charge in [-0.1, -0.05) is 0 Å². The van der Waals surface area contributed by atoms with E-state index in [0.29, 0.717) is 15.9 Å². The van der Waals surface area contributed by atoms with E-state index in [1.807, 2.05) is 72.8 Å². The van der Waals surface area contributed by atoms with Crippen molar-refractivity contribution in [3.8, 4) is 0 Å². The van der Waals surface area contributed by atoms with Crippen LogP contribution in [-0.2, 0) is 16.2 Å². The van der Waals surface area contributed by atoms with E-state index in [2.05, 4.69) is 62.3 Å². The Morgan fingerprint density at radius 3 is 0.727 bits per heavy atom. The molecule has 0 radical (unpaired) electrons. The molecule has 3 aromatic rings. The summed E-state index contributed by atoms with van der Waals surface area (Å²) in [6.07, 6.45) is 0. The third kappa shape index (κ3) is 4.80. The van der Waals surface area contributed by atoms with E-state index in [0.717, 1.165) is 16.7 Å². The first-order valence-corrected chi connectivity index (χ1v) is 13.9. The number of rotatable bonds is 3. The van der Waals surface area contributed by atoms with E-state index in [-0.39, 0.29) is 16.2 Å². The van der Waals surface area contributed by atoms with Crippen LogP contribution in [0.2, 0.25) is 0 Å². The molecule has 3 heteroatoms.